The first-order valence-corrected chi connectivity index (χ1v) is 15.2. The van der Waals surface area contributed by atoms with Crippen LogP contribution in [-0.4, -0.2) is 63.8 Å². The van der Waals surface area contributed by atoms with Crippen molar-refractivity contribution in [3.8, 4) is 35.6 Å². The van der Waals surface area contributed by atoms with E-state index in [9.17, 15) is 18.4 Å². The van der Waals surface area contributed by atoms with Crippen molar-refractivity contribution in [2.75, 3.05) is 25.0 Å². The zero-order valence-corrected chi connectivity index (χ0v) is 27.3. The van der Waals surface area contributed by atoms with Crippen molar-refractivity contribution in [3.63, 3.8) is 0 Å². The number of aliphatic carboxylic acids is 1. The zero-order valence-electron chi connectivity index (χ0n) is 27.3. The highest BCUT2D eigenvalue weighted by Gasteiger charge is 2.25. The number of aromatic nitrogens is 2. The van der Waals surface area contributed by atoms with Gasteiger partial charge in [-0.1, -0.05) is 27.7 Å². The summed E-state index contributed by atoms with van der Waals surface area (Å²) in [5, 5.41) is 11.9. The molecule has 1 amide bonds. The van der Waals surface area contributed by atoms with Gasteiger partial charge in [-0.3, -0.25) is 9.59 Å². The zero-order chi connectivity index (χ0) is 34.8. The molecule has 0 spiro atoms. The predicted octanol–water partition coefficient (Wildman–Crippen LogP) is 6.29. The van der Waals surface area contributed by atoms with Gasteiger partial charge in [-0.25, -0.2) is 18.7 Å². The number of piperidine rings is 1. The fourth-order valence-electron chi connectivity index (χ4n) is 4.27. The van der Waals surface area contributed by atoms with E-state index in [4.69, 9.17) is 20.3 Å². The number of likely N-dealkylation sites (tertiary alicyclic amines) is 1. The molecule has 0 aliphatic carbocycles. The second-order valence-corrected chi connectivity index (χ2v) is 9.59. The summed E-state index contributed by atoms with van der Waals surface area (Å²) in [7, 11) is 0. The Kier molecular flexibility index (Phi) is 17.3. The van der Waals surface area contributed by atoms with Crippen LogP contribution in [0.3, 0.4) is 0 Å². The number of ether oxygens (including phenoxy) is 2. The molecule has 1 aromatic carbocycles. The van der Waals surface area contributed by atoms with Crippen molar-refractivity contribution in [2.45, 2.75) is 73.1 Å². The van der Waals surface area contributed by atoms with Gasteiger partial charge in [-0.15, -0.1) is 12.8 Å². The molecule has 2 aromatic heterocycles. The topological polar surface area (TPSA) is 140 Å². The first-order chi connectivity index (χ1) is 22.1. The number of rotatable bonds is 6. The summed E-state index contributed by atoms with van der Waals surface area (Å²) in [6, 6.07) is 6.79. The van der Waals surface area contributed by atoms with Crippen LogP contribution in [0.5, 0.6) is 11.6 Å². The summed E-state index contributed by atoms with van der Waals surface area (Å²) < 4.78 is 39.1. The fourth-order valence-corrected chi connectivity index (χ4v) is 4.27. The minimum Gasteiger partial charge on any atom is -0.492 e. The molecule has 46 heavy (non-hydrogen) atoms. The van der Waals surface area contributed by atoms with Crippen molar-refractivity contribution in [1.82, 2.24) is 14.9 Å². The first-order valence-electron chi connectivity index (χ1n) is 15.2. The Morgan fingerprint density at radius 3 is 2.35 bits per heavy atom. The molecule has 1 unspecified atom stereocenters. The van der Waals surface area contributed by atoms with E-state index in [0.717, 1.165) is 29.4 Å². The number of halogens is 2. The summed E-state index contributed by atoms with van der Waals surface area (Å²) >= 11 is 0. The number of terminal acetylenes is 1. The maximum absolute atomic E-state index is 14.7. The molecule has 0 saturated carbocycles. The standard InChI is InChI=1S/C20H21F2N3O4.C8H10N2O.2C2H6.C2H2/c21-13-1-2-17(29-8-5-18(26)27)15(10-13)12-9-16(22)19(24-11-12)20(28)25-6-3-14(23)4-7-25;1-5-3-7-8(9-4-5)11-6(2)10-7;3*1-2/h1-2,9-11,14H,3-8,23H2,(H,26,27);3-4,6,10H,1-2H3;2*1-2H3;1-2H. The van der Waals surface area contributed by atoms with Crippen LogP contribution in [0.4, 0.5) is 14.5 Å². The van der Waals surface area contributed by atoms with Gasteiger partial charge in [0.15, 0.2) is 17.7 Å². The van der Waals surface area contributed by atoms with E-state index in [2.05, 4.69) is 28.1 Å². The highest BCUT2D eigenvalue weighted by Crippen LogP contribution is 2.32. The molecule has 250 valence electrons. The summed E-state index contributed by atoms with van der Waals surface area (Å²) in [6.07, 6.45) is 12.2. The van der Waals surface area contributed by atoms with Gasteiger partial charge in [0.1, 0.15) is 17.3 Å². The Morgan fingerprint density at radius 2 is 1.74 bits per heavy atom. The molecule has 1 atom stereocenters. The molecular formula is C34H45F2N5O5. The Balaban J connectivity index is 0.000000514. The van der Waals surface area contributed by atoms with Gasteiger partial charge in [-0.2, -0.15) is 0 Å². The average Bonchev–Trinajstić information content (AvgIpc) is 3.44. The number of pyridine rings is 2. The van der Waals surface area contributed by atoms with Gasteiger partial charge < -0.3 is 30.5 Å². The normalized spacial score (nSPS) is 14.4. The maximum Gasteiger partial charge on any atom is 0.306 e. The summed E-state index contributed by atoms with van der Waals surface area (Å²) in [5.41, 5.74) is 8.08. The number of hydrogen-bond donors (Lipinski definition) is 3. The minimum absolute atomic E-state index is 0.0340. The van der Waals surface area contributed by atoms with Gasteiger partial charge in [0.25, 0.3) is 5.91 Å². The molecule has 1 saturated heterocycles. The van der Waals surface area contributed by atoms with Crippen molar-refractivity contribution >= 4 is 17.6 Å². The van der Waals surface area contributed by atoms with E-state index in [1.807, 2.05) is 47.6 Å². The van der Waals surface area contributed by atoms with E-state index in [1.165, 1.54) is 17.2 Å². The smallest absolute Gasteiger partial charge is 0.306 e. The van der Waals surface area contributed by atoms with Crippen molar-refractivity contribution < 1.29 is 33.0 Å². The summed E-state index contributed by atoms with van der Waals surface area (Å²) in [4.78, 5) is 32.8. The van der Waals surface area contributed by atoms with Crippen LogP contribution in [0.1, 0.15) is 69.9 Å². The lowest BCUT2D eigenvalue weighted by Gasteiger charge is -2.30. The van der Waals surface area contributed by atoms with Gasteiger partial charge in [0, 0.05) is 42.7 Å². The van der Waals surface area contributed by atoms with E-state index < -0.39 is 23.5 Å². The van der Waals surface area contributed by atoms with Gasteiger partial charge in [0.05, 0.1) is 13.0 Å². The molecule has 1 fully saturated rings. The maximum atomic E-state index is 14.7. The van der Waals surface area contributed by atoms with Gasteiger partial charge in [-0.05, 0) is 62.6 Å². The number of carbonyl (C=O) groups excluding carboxylic acids is 1. The molecule has 10 nitrogen and oxygen atoms in total. The third-order valence-corrected chi connectivity index (χ3v) is 6.33. The lowest BCUT2D eigenvalue weighted by atomic mass is 10.0. The number of fused-ring (bicyclic) bond motifs is 1. The summed E-state index contributed by atoms with van der Waals surface area (Å²) in [6.45, 7) is 12.7. The molecule has 5 rings (SSSR count). The van der Waals surface area contributed by atoms with Crippen LogP contribution in [0, 0.1) is 31.4 Å². The van der Waals surface area contributed by atoms with E-state index >= 15 is 0 Å². The Labute approximate surface area is 270 Å². The SMILES string of the molecule is C#C.CC.CC.Cc1cnc2c(c1)NC(C)O2.NC1CCN(C(=O)c2ncc(-c3cc(F)ccc3OCCC(=O)O)cc2F)CC1. The van der Waals surface area contributed by atoms with Crippen LogP contribution in [-0.2, 0) is 4.79 Å². The molecule has 4 heterocycles. The van der Waals surface area contributed by atoms with Crippen molar-refractivity contribution in [2.24, 2.45) is 5.73 Å². The lowest BCUT2D eigenvalue weighted by Crippen LogP contribution is -2.43. The number of carboxylic acids is 1. The van der Waals surface area contributed by atoms with Crippen molar-refractivity contribution in [3.05, 3.63) is 65.6 Å². The predicted molar refractivity (Wildman–Crippen MR) is 176 cm³/mol. The van der Waals surface area contributed by atoms with Crippen LogP contribution in [0.15, 0.2) is 42.7 Å². The molecule has 0 bridgehead atoms. The molecule has 0 radical (unpaired) electrons. The van der Waals surface area contributed by atoms with Crippen LogP contribution < -0.4 is 20.5 Å². The van der Waals surface area contributed by atoms with Crippen LogP contribution >= 0.6 is 0 Å². The average molecular weight is 642 g/mol. The Morgan fingerprint density at radius 1 is 1.09 bits per heavy atom. The second-order valence-electron chi connectivity index (χ2n) is 9.59. The summed E-state index contributed by atoms with van der Waals surface area (Å²) in [5.74, 6) is -2.05. The third kappa shape index (κ3) is 11.6. The molecule has 2 aliphatic rings. The molecule has 4 N–H and O–H groups in total. The van der Waals surface area contributed by atoms with Gasteiger partial charge in [0.2, 0.25) is 5.88 Å². The van der Waals surface area contributed by atoms with Gasteiger partial charge >= 0.3 is 5.97 Å². The monoisotopic (exact) mass is 641 g/mol. The number of nitrogens with zero attached hydrogens (tertiary/aromatic N) is 3. The van der Waals surface area contributed by atoms with Crippen LogP contribution in [0.25, 0.3) is 11.1 Å². The van der Waals surface area contributed by atoms with E-state index in [0.29, 0.717) is 31.8 Å². The minimum atomic E-state index is -1.04. The number of amides is 1. The number of nitrogens with two attached hydrogens (primary N) is 1. The fraction of sp³-hybridized carbons (Fsp3) is 0.412. The largest absolute Gasteiger partial charge is 0.492 e. The van der Waals surface area contributed by atoms with E-state index in [-0.39, 0.29) is 47.9 Å². The molecular weight excluding hydrogens is 596 g/mol. The lowest BCUT2D eigenvalue weighted by molar-refractivity contribution is -0.137. The number of anilines is 1. The number of carbonyl (C=O) groups is 2. The number of aryl methyl sites for hydroxylation is 1. The number of hydrogen-bond acceptors (Lipinski definition) is 8. The molecule has 2 aliphatic heterocycles. The Hall–Kier alpha value is -4.76. The highest BCUT2D eigenvalue weighted by atomic mass is 19.1. The second kappa shape index (κ2) is 20.3. The Bertz CT molecular complexity index is 1430. The van der Waals surface area contributed by atoms with E-state index in [1.54, 1.807) is 6.20 Å². The number of carboxylic acid groups (broad SMARTS) is 1. The number of nitrogens with one attached hydrogen (secondary N) is 1. The first kappa shape index (κ1) is 39.3. The van der Waals surface area contributed by atoms with Crippen molar-refractivity contribution in [1.29, 1.82) is 0 Å². The molecule has 3 aromatic rings. The van der Waals surface area contributed by atoms with Crippen LogP contribution in [0.2, 0.25) is 0 Å². The highest BCUT2D eigenvalue weighted by molar-refractivity contribution is 5.93. The number of benzene rings is 1. The third-order valence-electron chi connectivity index (χ3n) is 6.33. The molecule has 12 heteroatoms. The quantitative estimate of drug-likeness (QED) is 0.265.